The van der Waals surface area contributed by atoms with E-state index in [0.717, 1.165) is 24.3 Å². The molecule has 0 radical (unpaired) electrons. The van der Waals surface area contributed by atoms with Crippen LogP contribution in [0.2, 0.25) is 0 Å². The van der Waals surface area contributed by atoms with Crippen LogP contribution in [-0.2, 0) is 0 Å². The molecule has 2 aromatic carbocycles. The smallest absolute Gasteiger partial charge is 0.0824 e. The van der Waals surface area contributed by atoms with Crippen LogP contribution in [0.4, 0.5) is 0 Å². The average Bonchev–Trinajstić information content (AvgIpc) is 2.46. The zero-order valence-electron chi connectivity index (χ0n) is 11.5. The summed E-state index contributed by atoms with van der Waals surface area (Å²) >= 11 is 0. The second-order valence-electron chi connectivity index (χ2n) is 6.05. The molecule has 0 spiro atoms. The highest BCUT2D eigenvalue weighted by Crippen LogP contribution is 2.38. The van der Waals surface area contributed by atoms with Crippen LogP contribution >= 0.6 is 0 Å². The first-order valence-corrected chi connectivity index (χ1v) is 7.41. The first kappa shape index (κ1) is 12.7. The van der Waals surface area contributed by atoms with Gasteiger partial charge in [0.15, 0.2) is 0 Å². The molecular weight excluding hydrogens is 232 g/mol. The van der Waals surface area contributed by atoms with Gasteiger partial charge in [0.2, 0.25) is 0 Å². The van der Waals surface area contributed by atoms with Crippen molar-refractivity contribution in [3.8, 4) is 0 Å². The van der Waals surface area contributed by atoms with E-state index in [4.69, 9.17) is 0 Å². The van der Waals surface area contributed by atoms with Crippen molar-refractivity contribution in [3.05, 3.63) is 48.0 Å². The molecule has 0 amide bonds. The van der Waals surface area contributed by atoms with Gasteiger partial charge in [-0.25, -0.2) is 0 Å². The van der Waals surface area contributed by atoms with Crippen LogP contribution in [0.25, 0.3) is 10.8 Å². The fourth-order valence-corrected chi connectivity index (χ4v) is 3.53. The summed E-state index contributed by atoms with van der Waals surface area (Å²) in [5.74, 6) is 1.18. The number of benzene rings is 2. The first-order chi connectivity index (χ1) is 9.25. The monoisotopic (exact) mass is 254 g/mol. The van der Waals surface area contributed by atoms with Gasteiger partial charge in [-0.15, -0.1) is 0 Å². The third kappa shape index (κ3) is 2.52. The maximum Gasteiger partial charge on any atom is 0.0824 e. The normalized spacial score (nSPS) is 25.4. The zero-order valence-corrected chi connectivity index (χ0v) is 11.5. The van der Waals surface area contributed by atoms with E-state index in [1.54, 1.807) is 0 Å². The van der Waals surface area contributed by atoms with Crippen LogP contribution in [0.3, 0.4) is 0 Å². The Morgan fingerprint density at radius 3 is 2.68 bits per heavy atom. The summed E-state index contributed by atoms with van der Waals surface area (Å²) in [4.78, 5) is 0. The summed E-state index contributed by atoms with van der Waals surface area (Å²) in [6, 6.07) is 14.6. The van der Waals surface area contributed by atoms with E-state index in [9.17, 15) is 5.11 Å². The molecule has 1 saturated carbocycles. The Bertz CT molecular complexity index is 555. The SMILES string of the molecule is CC1CCCC(C(O)c2cccc3ccccc23)C1. The quantitative estimate of drug-likeness (QED) is 0.823. The lowest BCUT2D eigenvalue weighted by atomic mass is 9.77. The Balaban J connectivity index is 1.95. The summed E-state index contributed by atoms with van der Waals surface area (Å²) in [6.07, 6.45) is 4.58. The lowest BCUT2D eigenvalue weighted by molar-refractivity contribution is 0.0725. The molecule has 0 aromatic heterocycles. The Morgan fingerprint density at radius 1 is 1.05 bits per heavy atom. The summed E-state index contributed by atoms with van der Waals surface area (Å²) in [6.45, 7) is 2.31. The van der Waals surface area contributed by atoms with Crippen LogP contribution in [0.1, 0.15) is 44.3 Å². The van der Waals surface area contributed by atoms with Crippen molar-refractivity contribution in [1.29, 1.82) is 0 Å². The van der Waals surface area contributed by atoms with Gasteiger partial charge in [-0.2, -0.15) is 0 Å². The standard InChI is InChI=1S/C18H22O/c1-13-6-4-9-15(12-13)18(19)17-11-5-8-14-7-2-3-10-16(14)17/h2-3,5,7-8,10-11,13,15,18-19H,4,6,9,12H2,1H3. The Hall–Kier alpha value is -1.34. The van der Waals surface area contributed by atoms with Gasteiger partial charge in [0.25, 0.3) is 0 Å². The van der Waals surface area contributed by atoms with Crippen molar-refractivity contribution in [2.75, 3.05) is 0 Å². The van der Waals surface area contributed by atoms with Gasteiger partial charge in [-0.1, -0.05) is 62.2 Å². The molecule has 1 fully saturated rings. The Kier molecular flexibility index (Phi) is 3.56. The molecule has 1 aliphatic rings. The van der Waals surface area contributed by atoms with Gasteiger partial charge < -0.3 is 5.11 Å². The van der Waals surface area contributed by atoms with Gasteiger partial charge in [-0.3, -0.25) is 0 Å². The van der Waals surface area contributed by atoms with Crippen LogP contribution in [-0.4, -0.2) is 5.11 Å². The molecule has 1 N–H and O–H groups in total. The topological polar surface area (TPSA) is 20.2 Å². The van der Waals surface area contributed by atoms with E-state index in [0.29, 0.717) is 5.92 Å². The number of rotatable bonds is 2. The maximum atomic E-state index is 10.8. The van der Waals surface area contributed by atoms with Crippen molar-refractivity contribution in [2.24, 2.45) is 11.8 Å². The molecular formula is C18H22O. The third-order valence-electron chi connectivity index (χ3n) is 4.57. The Labute approximate surface area is 115 Å². The summed E-state index contributed by atoms with van der Waals surface area (Å²) in [5, 5.41) is 13.2. The molecule has 0 aliphatic heterocycles. The van der Waals surface area contributed by atoms with Crippen LogP contribution < -0.4 is 0 Å². The lowest BCUT2D eigenvalue weighted by Crippen LogP contribution is -2.20. The molecule has 19 heavy (non-hydrogen) atoms. The van der Waals surface area contributed by atoms with Gasteiger partial charge in [0.1, 0.15) is 0 Å². The first-order valence-electron chi connectivity index (χ1n) is 7.41. The highest BCUT2D eigenvalue weighted by Gasteiger charge is 2.27. The van der Waals surface area contributed by atoms with E-state index in [1.165, 1.54) is 23.6 Å². The third-order valence-corrected chi connectivity index (χ3v) is 4.57. The van der Waals surface area contributed by atoms with Crippen molar-refractivity contribution >= 4 is 10.8 Å². The molecule has 0 bridgehead atoms. The fourth-order valence-electron chi connectivity index (χ4n) is 3.53. The van der Waals surface area contributed by atoms with Crippen molar-refractivity contribution < 1.29 is 5.11 Å². The van der Waals surface area contributed by atoms with Gasteiger partial charge in [-0.05, 0) is 41.0 Å². The van der Waals surface area contributed by atoms with E-state index < -0.39 is 0 Å². The van der Waals surface area contributed by atoms with E-state index in [-0.39, 0.29) is 6.10 Å². The van der Waals surface area contributed by atoms with E-state index in [2.05, 4.69) is 49.4 Å². The highest BCUT2D eigenvalue weighted by atomic mass is 16.3. The Morgan fingerprint density at radius 2 is 1.84 bits per heavy atom. The van der Waals surface area contributed by atoms with Crippen molar-refractivity contribution in [3.63, 3.8) is 0 Å². The summed E-state index contributed by atoms with van der Waals surface area (Å²) in [5.41, 5.74) is 1.11. The number of aliphatic hydroxyl groups excluding tert-OH is 1. The van der Waals surface area contributed by atoms with E-state index >= 15 is 0 Å². The largest absolute Gasteiger partial charge is 0.388 e. The second kappa shape index (κ2) is 5.34. The number of hydrogen-bond acceptors (Lipinski definition) is 1. The highest BCUT2D eigenvalue weighted by molar-refractivity contribution is 5.85. The number of aliphatic hydroxyl groups is 1. The number of hydrogen-bond donors (Lipinski definition) is 1. The second-order valence-corrected chi connectivity index (χ2v) is 6.05. The summed E-state index contributed by atoms with van der Waals surface area (Å²) < 4.78 is 0. The molecule has 1 heteroatoms. The van der Waals surface area contributed by atoms with Gasteiger partial charge in [0, 0.05) is 0 Å². The lowest BCUT2D eigenvalue weighted by Gasteiger charge is -2.31. The molecule has 0 heterocycles. The molecule has 3 unspecified atom stereocenters. The van der Waals surface area contributed by atoms with Crippen LogP contribution in [0.15, 0.2) is 42.5 Å². The molecule has 0 saturated heterocycles. The molecule has 3 atom stereocenters. The maximum absolute atomic E-state index is 10.8. The minimum absolute atomic E-state index is 0.311. The summed E-state index contributed by atoms with van der Waals surface area (Å²) in [7, 11) is 0. The predicted octanol–water partition coefficient (Wildman–Crippen LogP) is 4.70. The van der Waals surface area contributed by atoms with Gasteiger partial charge >= 0.3 is 0 Å². The minimum atomic E-state index is -0.311. The van der Waals surface area contributed by atoms with Crippen molar-refractivity contribution in [1.82, 2.24) is 0 Å². The van der Waals surface area contributed by atoms with E-state index in [1.807, 2.05) is 0 Å². The predicted molar refractivity (Wildman–Crippen MR) is 80.0 cm³/mol. The zero-order chi connectivity index (χ0) is 13.2. The molecule has 100 valence electrons. The van der Waals surface area contributed by atoms with Crippen molar-refractivity contribution in [2.45, 2.75) is 38.7 Å². The molecule has 2 aromatic rings. The molecule has 1 aliphatic carbocycles. The van der Waals surface area contributed by atoms with Crippen LogP contribution in [0.5, 0.6) is 0 Å². The molecule has 3 rings (SSSR count). The molecule has 1 nitrogen and oxygen atoms in total. The average molecular weight is 254 g/mol. The van der Waals surface area contributed by atoms with Crippen LogP contribution in [0, 0.1) is 11.8 Å². The number of fused-ring (bicyclic) bond motifs is 1. The fraction of sp³-hybridized carbons (Fsp3) is 0.444. The van der Waals surface area contributed by atoms with Gasteiger partial charge in [0.05, 0.1) is 6.10 Å². The minimum Gasteiger partial charge on any atom is -0.388 e.